The molecule has 0 spiro atoms. The van der Waals surface area contributed by atoms with Crippen molar-refractivity contribution in [2.75, 3.05) is 40.3 Å². The van der Waals surface area contributed by atoms with Crippen LogP contribution in [0, 0.1) is 0 Å². The number of amides is 6. The fraction of sp³-hybridized carbons (Fsp3) is 0.508. The van der Waals surface area contributed by atoms with Gasteiger partial charge in [-0.25, -0.2) is 4.98 Å². The SMILES string of the molecule is CN[C@@H](C)C(=O)N[C@H]1CN(C(=O)CCCCCCCCCCC(=O)N2CC[C@H]3CC[C@@H](c4nc5c(-c6ccccc6)cccc5[nH]4)N3C(=O)[C@@H](NC(=O)[C@H](C)NC)C2)CC[C@H]2CC[C@@H](C3=Nc4cccc(-c5ccccc5)c4C3)N2C1=O. The van der Waals surface area contributed by atoms with Crippen LogP contribution in [0.2, 0.25) is 0 Å². The zero-order valence-electron chi connectivity index (χ0n) is 48.3. The highest BCUT2D eigenvalue weighted by Gasteiger charge is 2.47. The third-order valence-corrected chi connectivity index (χ3v) is 18.1. The smallest absolute Gasteiger partial charge is 0.247 e. The Morgan fingerprint density at radius 3 is 1.61 bits per heavy atom. The van der Waals surface area contributed by atoms with E-state index in [0.29, 0.717) is 45.2 Å². The molecule has 434 valence electrons. The summed E-state index contributed by atoms with van der Waals surface area (Å²) in [6, 6.07) is 29.4. The molecule has 5 aliphatic heterocycles. The van der Waals surface area contributed by atoms with Crippen LogP contribution in [0.5, 0.6) is 0 Å². The summed E-state index contributed by atoms with van der Waals surface area (Å²) >= 11 is 0. The number of fused-ring (bicyclic) bond motifs is 4. The Labute approximate surface area is 482 Å². The number of carbonyl (C=O) groups is 6. The maximum absolute atomic E-state index is 14.7. The number of carbonyl (C=O) groups excluding carboxylic acids is 6. The van der Waals surface area contributed by atoms with Crippen LogP contribution in [0.4, 0.5) is 5.69 Å². The molecule has 0 aliphatic carbocycles. The molecule has 0 saturated carbocycles. The van der Waals surface area contributed by atoms with Gasteiger partial charge in [-0.2, -0.15) is 0 Å². The lowest BCUT2D eigenvalue weighted by atomic mass is 9.94. The molecular formula is C65H83N11O6. The normalized spacial score (nSPS) is 22.6. The molecule has 4 aromatic carbocycles. The number of para-hydroxylation sites is 1. The van der Waals surface area contributed by atoms with E-state index in [9.17, 15) is 28.8 Å². The Balaban J connectivity index is 0.675. The minimum atomic E-state index is -0.899. The van der Waals surface area contributed by atoms with Gasteiger partial charge in [-0.1, -0.05) is 123 Å². The van der Waals surface area contributed by atoms with Gasteiger partial charge in [0.1, 0.15) is 17.9 Å². The minimum Gasteiger partial charge on any atom is -0.341 e. The van der Waals surface area contributed by atoms with E-state index in [1.54, 1.807) is 32.8 Å². The van der Waals surface area contributed by atoms with E-state index >= 15 is 0 Å². The minimum absolute atomic E-state index is 0.00524. The fourth-order valence-corrected chi connectivity index (χ4v) is 13.2. The molecule has 0 radical (unpaired) electrons. The number of hydrogen-bond acceptors (Lipinski definition) is 10. The number of aliphatic imine (C=N–C) groups is 1. The Morgan fingerprint density at radius 1 is 0.573 bits per heavy atom. The Morgan fingerprint density at radius 2 is 1.06 bits per heavy atom. The highest BCUT2D eigenvalue weighted by molar-refractivity contribution is 6.03. The van der Waals surface area contributed by atoms with Crippen molar-refractivity contribution in [3.8, 4) is 22.3 Å². The number of aromatic nitrogens is 2. The van der Waals surface area contributed by atoms with E-state index < -0.39 is 24.2 Å². The second kappa shape index (κ2) is 26.8. The second-order valence-electron chi connectivity index (χ2n) is 23.4. The average Bonchev–Trinajstić information content (AvgIpc) is 4.51. The largest absolute Gasteiger partial charge is 0.341 e. The van der Waals surface area contributed by atoms with Crippen LogP contribution < -0.4 is 21.3 Å². The van der Waals surface area contributed by atoms with Gasteiger partial charge in [0.2, 0.25) is 35.4 Å². The first-order valence-corrected chi connectivity index (χ1v) is 30.3. The van der Waals surface area contributed by atoms with Crippen molar-refractivity contribution >= 4 is 57.9 Å². The first-order chi connectivity index (χ1) is 39.9. The molecule has 10 rings (SSSR count). The molecule has 6 heterocycles. The van der Waals surface area contributed by atoms with Crippen LogP contribution >= 0.6 is 0 Å². The maximum atomic E-state index is 14.7. The van der Waals surface area contributed by atoms with Crippen LogP contribution in [0.1, 0.15) is 134 Å². The number of H-pyrrole nitrogens is 1. The standard InChI is InChI=1S/C65H83N11O6/c1-42(66-3)62(79)70-54-40-73(37-35-46-31-33-56(75(46)64(54)81)53-39-50-48(25-19-27-51(50)68-53)44-21-13-11-14-22-44)58(77)29-17-9-7-5-6-8-10-18-30-59(78)74-38-36-47-32-34-57(76(47)65(82)55(41-74)71-63(80)43(2)67-4)61-69-52-28-20-26-49(60(52)72-61)45-23-15-12-16-24-45/h11-16,19-28,42-43,46-47,54-57,66-67H,5-10,17-18,29-41H2,1-4H3,(H,69,72)(H,70,79)(H,71,80)/t42-,43-,46+,47+,54-,55-,56-,57-/m0/s1. The first-order valence-electron chi connectivity index (χ1n) is 30.3. The zero-order chi connectivity index (χ0) is 57.3. The molecule has 5 aliphatic rings. The predicted molar refractivity (Wildman–Crippen MR) is 320 cm³/mol. The van der Waals surface area contributed by atoms with Gasteiger partial charge in [-0.15, -0.1) is 0 Å². The molecule has 5 aromatic rings. The van der Waals surface area contributed by atoms with Gasteiger partial charge in [0.15, 0.2) is 0 Å². The van der Waals surface area contributed by atoms with Crippen molar-refractivity contribution in [2.24, 2.45) is 4.99 Å². The Kier molecular flexibility index (Phi) is 18.9. The maximum Gasteiger partial charge on any atom is 0.247 e. The third-order valence-electron chi connectivity index (χ3n) is 18.1. The molecule has 4 fully saturated rings. The van der Waals surface area contributed by atoms with Gasteiger partial charge < -0.3 is 45.9 Å². The van der Waals surface area contributed by atoms with Crippen LogP contribution in [0.3, 0.4) is 0 Å². The summed E-state index contributed by atoms with van der Waals surface area (Å²) in [5.41, 5.74) is 9.25. The molecule has 5 N–H and O–H groups in total. The molecule has 17 nitrogen and oxygen atoms in total. The number of rotatable bonds is 21. The molecule has 6 amide bonds. The summed E-state index contributed by atoms with van der Waals surface area (Å²) in [7, 11) is 3.43. The summed E-state index contributed by atoms with van der Waals surface area (Å²) < 4.78 is 0. The number of nitrogens with zero attached hydrogens (tertiary/aromatic N) is 6. The monoisotopic (exact) mass is 1110 g/mol. The fourth-order valence-electron chi connectivity index (χ4n) is 13.2. The predicted octanol–water partition coefficient (Wildman–Crippen LogP) is 8.17. The van der Waals surface area contributed by atoms with Crippen molar-refractivity contribution in [2.45, 2.75) is 171 Å². The summed E-state index contributed by atoms with van der Waals surface area (Å²) in [5, 5.41) is 12.0. The number of benzene rings is 4. The van der Waals surface area contributed by atoms with E-state index in [1.807, 2.05) is 69.3 Å². The van der Waals surface area contributed by atoms with Crippen LogP contribution in [-0.2, 0) is 35.2 Å². The van der Waals surface area contributed by atoms with Gasteiger partial charge in [0.25, 0.3) is 0 Å². The lowest BCUT2D eigenvalue weighted by molar-refractivity contribution is -0.144. The van der Waals surface area contributed by atoms with Gasteiger partial charge in [0.05, 0.1) is 40.9 Å². The molecule has 0 bridgehead atoms. The Hall–Kier alpha value is -7.24. The van der Waals surface area contributed by atoms with Gasteiger partial charge in [-0.3, -0.25) is 33.8 Å². The second-order valence-corrected chi connectivity index (χ2v) is 23.4. The van der Waals surface area contributed by atoms with Crippen LogP contribution in [-0.4, -0.2) is 153 Å². The van der Waals surface area contributed by atoms with Crippen LogP contribution in [0.25, 0.3) is 33.3 Å². The van der Waals surface area contributed by atoms with Crippen molar-refractivity contribution in [1.29, 1.82) is 0 Å². The summed E-state index contributed by atoms with van der Waals surface area (Å²) in [5.74, 6) is -0.151. The van der Waals surface area contributed by atoms with Crippen molar-refractivity contribution < 1.29 is 28.8 Å². The van der Waals surface area contributed by atoms with Crippen molar-refractivity contribution in [3.05, 3.63) is 108 Å². The quantitative estimate of drug-likeness (QED) is 0.0449. The summed E-state index contributed by atoms with van der Waals surface area (Å²) in [4.78, 5) is 105. The number of aromatic amines is 1. The topological polar surface area (TPSA) is 205 Å². The van der Waals surface area contributed by atoms with Gasteiger partial charge in [0, 0.05) is 68.8 Å². The highest BCUT2D eigenvalue weighted by atomic mass is 16.2. The van der Waals surface area contributed by atoms with E-state index in [1.165, 1.54) is 5.56 Å². The lowest BCUT2D eigenvalue weighted by Gasteiger charge is -2.39. The highest BCUT2D eigenvalue weighted by Crippen LogP contribution is 2.42. The molecule has 8 atom stereocenters. The molecule has 4 saturated heterocycles. The van der Waals surface area contributed by atoms with Crippen LogP contribution in [0.15, 0.2) is 102 Å². The summed E-state index contributed by atoms with van der Waals surface area (Å²) in [6.07, 6.45) is 13.2. The first kappa shape index (κ1) is 58.0. The molecular weight excluding hydrogens is 1030 g/mol. The van der Waals surface area contributed by atoms with E-state index in [4.69, 9.17) is 9.98 Å². The van der Waals surface area contributed by atoms with Gasteiger partial charge >= 0.3 is 0 Å². The van der Waals surface area contributed by atoms with Gasteiger partial charge in [-0.05, 0) is 114 Å². The molecule has 0 unspecified atom stereocenters. The number of nitrogens with one attached hydrogen (secondary N) is 5. The Bertz CT molecular complexity index is 3110. The van der Waals surface area contributed by atoms with Crippen molar-refractivity contribution in [3.63, 3.8) is 0 Å². The van der Waals surface area contributed by atoms with E-state index in [0.717, 1.165) is 128 Å². The zero-order valence-corrected chi connectivity index (χ0v) is 48.3. The number of unbranched alkanes of at least 4 members (excludes halogenated alkanes) is 7. The molecule has 1 aromatic heterocycles. The van der Waals surface area contributed by atoms with Crippen molar-refractivity contribution in [1.82, 2.24) is 50.8 Å². The van der Waals surface area contributed by atoms with E-state index in [-0.39, 0.29) is 72.7 Å². The summed E-state index contributed by atoms with van der Waals surface area (Å²) in [6.45, 7) is 4.79. The number of imidazole rings is 1. The number of likely N-dealkylation sites (N-methyl/N-ethyl adjacent to an activating group) is 2. The third kappa shape index (κ3) is 13.0. The number of hydrogen-bond donors (Lipinski definition) is 5. The lowest BCUT2D eigenvalue weighted by Crippen LogP contribution is -2.61. The molecule has 17 heteroatoms. The molecule has 82 heavy (non-hydrogen) atoms. The van der Waals surface area contributed by atoms with E-state index in [2.05, 4.69) is 68.7 Å². The average molecular weight is 1110 g/mol.